The predicted octanol–water partition coefficient (Wildman–Crippen LogP) is 7.37. The van der Waals surface area contributed by atoms with E-state index in [-0.39, 0.29) is 17.0 Å². The number of nitrogens with one attached hydrogen (secondary N) is 3. The van der Waals surface area contributed by atoms with Gasteiger partial charge < -0.3 is 25.8 Å². The van der Waals surface area contributed by atoms with Gasteiger partial charge in [0, 0.05) is 5.69 Å². The normalized spacial score (nSPS) is 14.7. The highest BCUT2D eigenvalue weighted by Gasteiger charge is 2.40. The fraction of sp³-hybridized carbons (Fsp3) is 0.364. The number of benzene rings is 3. The van der Waals surface area contributed by atoms with Crippen LogP contribution in [0.4, 0.5) is 20.6 Å². The Labute approximate surface area is 245 Å². The average molecular weight is 576 g/mol. The quantitative estimate of drug-likeness (QED) is 0.235. The van der Waals surface area contributed by atoms with Gasteiger partial charge in [0.15, 0.2) is 11.6 Å². The minimum absolute atomic E-state index is 0.0921. The molecule has 0 heterocycles. The van der Waals surface area contributed by atoms with Crippen molar-refractivity contribution in [3.8, 4) is 16.9 Å². The number of rotatable bonds is 7. The third-order valence-corrected chi connectivity index (χ3v) is 7.88. The number of ether oxygens (including phenoxy) is 1. The summed E-state index contributed by atoms with van der Waals surface area (Å²) in [4.78, 5) is 39.4. The molecule has 1 aliphatic carbocycles. The number of carboxylic acids is 1. The van der Waals surface area contributed by atoms with Gasteiger partial charge in [-0.15, -0.1) is 0 Å². The Morgan fingerprint density at radius 2 is 1.43 bits per heavy atom. The van der Waals surface area contributed by atoms with Gasteiger partial charge in [0.25, 0.3) is 5.91 Å². The van der Waals surface area contributed by atoms with E-state index in [4.69, 9.17) is 4.74 Å². The zero-order valence-electron chi connectivity index (χ0n) is 24.5. The number of urea groups is 1. The zero-order valence-corrected chi connectivity index (χ0v) is 24.5. The van der Waals surface area contributed by atoms with E-state index >= 15 is 0 Å². The first-order valence-electron chi connectivity index (χ1n) is 14.2. The molecule has 0 bridgehead atoms. The number of carbonyl (C=O) groups is 3. The Balaban J connectivity index is 1.70. The van der Waals surface area contributed by atoms with Crippen LogP contribution in [0.15, 0.2) is 48.5 Å². The van der Waals surface area contributed by atoms with Crippen molar-refractivity contribution in [3.05, 3.63) is 76.6 Å². The summed E-state index contributed by atoms with van der Waals surface area (Å²) in [6.07, 6.45) is 4.89. The van der Waals surface area contributed by atoms with E-state index in [1.807, 2.05) is 32.9 Å². The summed E-state index contributed by atoms with van der Waals surface area (Å²) in [5.74, 6) is -2.14. The van der Waals surface area contributed by atoms with Crippen LogP contribution in [0.2, 0.25) is 0 Å². The second-order valence-corrected chi connectivity index (χ2v) is 11.1. The van der Waals surface area contributed by atoms with Crippen LogP contribution in [-0.4, -0.2) is 35.7 Å². The molecular weight excluding hydrogens is 537 g/mol. The van der Waals surface area contributed by atoms with Crippen LogP contribution < -0.4 is 20.7 Å². The second-order valence-electron chi connectivity index (χ2n) is 11.1. The van der Waals surface area contributed by atoms with Crippen LogP contribution in [0.25, 0.3) is 11.1 Å². The number of amides is 3. The Bertz CT molecular complexity index is 1470. The van der Waals surface area contributed by atoms with E-state index in [2.05, 4.69) is 16.0 Å². The zero-order chi connectivity index (χ0) is 30.4. The molecule has 4 N–H and O–H groups in total. The lowest BCUT2D eigenvalue weighted by Gasteiger charge is -2.32. The van der Waals surface area contributed by atoms with E-state index in [9.17, 15) is 23.9 Å². The number of carboxylic acid groups (broad SMARTS) is 1. The number of hydrogen-bond acceptors (Lipinski definition) is 4. The van der Waals surface area contributed by atoms with E-state index in [0.29, 0.717) is 42.5 Å². The highest BCUT2D eigenvalue weighted by molar-refractivity contribution is 6.08. The molecule has 3 aromatic carbocycles. The SMILES string of the molecule is COc1ccc(-c2ccc(C(=O)NC3(C(=O)O)CCCCCCC3)c(NC(=O)Nc3c(C)cc(C)cc3C)c2)cc1F. The van der Waals surface area contributed by atoms with Crippen molar-refractivity contribution in [2.75, 3.05) is 17.7 Å². The van der Waals surface area contributed by atoms with E-state index in [0.717, 1.165) is 36.0 Å². The molecule has 1 fully saturated rings. The number of hydrogen-bond donors (Lipinski definition) is 4. The van der Waals surface area contributed by atoms with Crippen LogP contribution in [0.3, 0.4) is 0 Å². The third-order valence-electron chi connectivity index (χ3n) is 7.88. The molecule has 1 aliphatic rings. The van der Waals surface area contributed by atoms with Gasteiger partial charge in [-0.25, -0.2) is 14.0 Å². The minimum atomic E-state index is -1.40. The molecule has 0 spiro atoms. The molecular formula is C33H38FN3O5. The number of halogens is 1. The Morgan fingerprint density at radius 1 is 0.833 bits per heavy atom. The molecule has 8 nitrogen and oxygen atoms in total. The molecule has 42 heavy (non-hydrogen) atoms. The van der Waals surface area contributed by atoms with Gasteiger partial charge in [-0.2, -0.15) is 0 Å². The van der Waals surface area contributed by atoms with Crippen molar-refractivity contribution in [3.63, 3.8) is 0 Å². The lowest BCUT2D eigenvalue weighted by atomic mass is 9.83. The summed E-state index contributed by atoms with van der Waals surface area (Å²) in [5, 5.41) is 18.6. The first-order valence-corrected chi connectivity index (χ1v) is 14.2. The maximum Gasteiger partial charge on any atom is 0.329 e. The van der Waals surface area contributed by atoms with Crippen molar-refractivity contribution in [1.29, 1.82) is 0 Å². The Hall–Kier alpha value is -4.40. The highest BCUT2D eigenvalue weighted by Crippen LogP contribution is 2.32. The number of carbonyl (C=O) groups excluding carboxylic acids is 2. The summed E-state index contributed by atoms with van der Waals surface area (Å²) in [7, 11) is 1.38. The average Bonchev–Trinajstić information content (AvgIpc) is 2.92. The first-order chi connectivity index (χ1) is 20.0. The molecule has 0 aliphatic heterocycles. The maximum absolute atomic E-state index is 14.5. The molecule has 3 aromatic rings. The van der Waals surface area contributed by atoms with Crippen molar-refractivity contribution in [2.45, 2.75) is 71.3 Å². The Morgan fingerprint density at radius 3 is 2.02 bits per heavy atom. The maximum atomic E-state index is 14.5. The van der Waals surface area contributed by atoms with Crippen molar-refractivity contribution < 1.29 is 28.6 Å². The minimum Gasteiger partial charge on any atom is -0.494 e. The summed E-state index contributed by atoms with van der Waals surface area (Å²) in [6, 6.07) is 12.6. The van der Waals surface area contributed by atoms with E-state index < -0.39 is 29.3 Å². The molecule has 4 rings (SSSR count). The fourth-order valence-electron chi connectivity index (χ4n) is 5.70. The molecule has 0 saturated heterocycles. The van der Waals surface area contributed by atoms with Gasteiger partial charge in [0.05, 0.1) is 18.4 Å². The van der Waals surface area contributed by atoms with Crippen LogP contribution in [0.5, 0.6) is 5.75 Å². The largest absolute Gasteiger partial charge is 0.494 e. The number of aryl methyl sites for hydroxylation is 3. The summed E-state index contributed by atoms with van der Waals surface area (Å²) >= 11 is 0. The molecule has 1 saturated carbocycles. The standard InChI is InChI=1S/C33H38FN3O5/c1-20-16-21(2)29(22(3)17-20)36-32(41)35-27-19-24(23-11-13-28(42-4)26(34)18-23)10-12-25(27)30(38)37-33(31(39)40)14-8-6-5-7-9-15-33/h10-13,16-19H,5-9,14-15H2,1-4H3,(H,37,38)(H,39,40)(H2,35,36,41). The van der Waals surface area contributed by atoms with Crippen LogP contribution in [0, 0.1) is 26.6 Å². The predicted molar refractivity (Wildman–Crippen MR) is 162 cm³/mol. The molecule has 222 valence electrons. The second kappa shape index (κ2) is 13.1. The van der Waals surface area contributed by atoms with Gasteiger partial charge in [-0.1, -0.05) is 61.9 Å². The summed E-state index contributed by atoms with van der Waals surface area (Å²) < 4.78 is 19.5. The summed E-state index contributed by atoms with van der Waals surface area (Å²) in [6.45, 7) is 5.77. The lowest BCUT2D eigenvalue weighted by molar-refractivity contribution is -0.145. The van der Waals surface area contributed by atoms with E-state index in [1.165, 1.54) is 25.3 Å². The molecule has 9 heteroatoms. The molecule has 0 unspecified atom stereocenters. The van der Waals surface area contributed by atoms with Gasteiger partial charge in [0.2, 0.25) is 0 Å². The number of methoxy groups -OCH3 is 1. The Kier molecular flexibility index (Phi) is 9.50. The van der Waals surface area contributed by atoms with Crippen molar-refractivity contribution in [2.24, 2.45) is 0 Å². The van der Waals surface area contributed by atoms with Crippen LogP contribution in [0.1, 0.15) is 72.0 Å². The molecule has 0 atom stereocenters. The lowest BCUT2D eigenvalue weighted by Crippen LogP contribution is -2.55. The third kappa shape index (κ3) is 6.90. The van der Waals surface area contributed by atoms with Crippen molar-refractivity contribution >= 4 is 29.3 Å². The van der Waals surface area contributed by atoms with Crippen molar-refractivity contribution in [1.82, 2.24) is 5.32 Å². The monoisotopic (exact) mass is 575 g/mol. The first kappa shape index (κ1) is 30.6. The fourth-order valence-corrected chi connectivity index (χ4v) is 5.70. The van der Waals surface area contributed by atoms with E-state index in [1.54, 1.807) is 18.2 Å². The highest BCUT2D eigenvalue weighted by atomic mass is 19.1. The van der Waals surface area contributed by atoms with Gasteiger partial charge in [0.1, 0.15) is 5.54 Å². The van der Waals surface area contributed by atoms with Gasteiger partial charge in [-0.3, -0.25) is 4.79 Å². The van der Waals surface area contributed by atoms with Gasteiger partial charge in [-0.05, 0) is 80.1 Å². The summed E-state index contributed by atoms with van der Waals surface area (Å²) in [5.41, 5.74) is 3.40. The van der Waals surface area contributed by atoms with Crippen LogP contribution in [-0.2, 0) is 4.79 Å². The molecule has 3 amide bonds. The molecule has 0 aromatic heterocycles. The smallest absolute Gasteiger partial charge is 0.329 e. The number of aliphatic carboxylic acids is 1. The number of anilines is 2. The van der Waals surface area contributed by atoms with Crippen LogP contribution >= 0.6 is 0 Å². The molecule has 0 radical (unpaired) electrons. The topological polar surface area (TPSA) is 117 Å². The van der Waals surface area contributed by atoms with Gasteiger partial charge >= 0.3 is 12.0 Å².